The fraction of sp³-hybridized carbons (Fsp3) is 0.321. The van der Waals surface area contributed by atoms with E-state index < -0.39 is 12.0 Å². The summed E-state index contributed by atoms with van der Waals surface area (Å²) in [5, 5.41) is 9.98. The Kier molecular flexibility index (Phi) is 5.43. The molecule has 3 fully saturated rings. The van der Waals surface area contributed by atoms with Crippen molar-refractivity contribution in [3.8, 4) is 0 Å². The molecule has 0 spiro atoms. The summed E-state index contributed by atoms with van der Waals surface area (Å²) < 4.78 is 2.03. The third-order valence-corrected chi connectivity index (χ3v) is 7.83. The predicted octanol–water partition coefficient (Wildman–Crippen LogP) is 1.49. The van der Waals surface area contributed by atoms with Gasteiger partial charge in [0.05, 0.1) is 6.04 Å². The summed E-state index contributed by atoms with van der Waals surface area (Å²) in [6, 6.07) is 13.0. The molecule has 188 valence electrons. The number of carboxylic acid groups (broad SMARTS) is 1. The fourth-order valence-corrected chi connectivity index (χ4v) is 6.19. The largest absolute Gasteiger partial charge is 0.477 e. The van der Waals surface area contributed by atoms with Gasteiger partial charge < -0.3 is 14.9 Å². The van der Waals surface area contributed by atoms with Crippen molar-refractivity contribution >= 4 is 29.4 Å². The van der Waals surface area contributed by atoms with E-state index in [2.05, 4.69) is 12.1 Å². The number of pyridine rings is 1. The number of likely N-dealkylation sites (tertiary alicyclic amines) is 1. The van der Waals surface area contributed by atoms with Crippen LogP contribution in [0.5, 0.6) is 0 Å². The maximum atomic E-state index is 13.4. The van der Waals surface area contributed by atoms with Crippen molar-refractivity contribution < 1.29 is 28.9 Å². The topological polar surface area (TPSA) is 102 Å². The summed E-state index contributed by atoms with van der Waals surface area (Å²) in [5.41, 5.74) is 2.86. The summed E-state index contributed by atoms with van der Waals surface area (Å²) >= 11 is 0. The van der Waals surface area contributed by atoms with Crippen LogP contribution in [0.15, 0.2) is 77.8 Å². The van der Waals surface area contributed by atoms with Gasteiger partial charge in [0, 0.05) is 43.1 Å². The molecule has 4 aliphatic rings. The molecule has 4 aliphatic heterocycles. The van der Waals surface area contributed by atoms with E-state index in [4.69, 9.17) is 0 Å². The molecule has 9 nitrogen and oxygen atoms in total. The summed E-state index contributed by atoms with van der Waals surface area (Å²) in [6.45, 7) is 3.02. The number of carbonyl (C=O) groups excluding carboxylic acids is 3. The number of amides is 3. The van der Waals surface area contributed by atoms with Crippen LogP contribution in [0.25, 0.3) is 0 Å². The van der Waals surface area contributed by atoms with E-state index in [1.807, 2.05) is 47.3 Å². The van der Waals surface area contributed by atoms with Gasteiger partial charge in [0.1, 0.15) is 17.4 Å². The number of aliphatic carboxylic acids is 1. The molecule has 0 saturated carbocycles. The van der Waals surface area contributed by atoms with E-state index in [9.17, 15) is 24.3 Å². The fourth-order valence-electron chi connectivity index (χ4n) is 6.19. The third-order valence-electron chi connectivity index (χ3n) is 7.83. The predicted molar refractivity (Wildman–Crippen MR) is 132 cm³/mol. The van der Waals surface area contributed by atoms with E-state index in [-0.39, 0.29) is 35.4 Å². The summed E-state index contributed by atoms with van der Waals surface area (Å²) in [5.74, 6) is -1.94. The molecule has 0 aliphatic carbocycles. The minimum atomic E-state index is -1.19. The Hall–Kier alpha value is -4.27. The van der Waals surface area contributed by atoms with E-state index in [1.54, 1.807) is 15.9 Å². The number of hydrogen-bond acceptors (Lipinski definition) is 4. The van der Waals surface area contributed by atoms with Crippen LogP contribution in [0.1, 0.15) is 25.3 Å². The summed E-state index contributed by atoms with van der Waals surface area (Å²) in [7, 11) is 0. The quantitative estimate of drug-likeness (QED) is 0.382. The van der Waals surface area contributed by atoms with Crippen LogP contribution in [0, 0.1) is 5.92 Å². The molecule has 2 unspecified atom stereocenters. The van der Waals surface area contributed by atoms with E-state index in [1.165, 1.54) is 11.8 Å². The van der Waals surface area contributed by atoms with Gasteiger partial charge in [-0.15, -0.1) is 0 Å². The number of benzene rings is 1. The lowest BCUT2D eigenvalue weighted by molar-refractivity contribution is -0.687. The van der Waals surface area contributed by atoms with Crippen molar-refractivity contribution in [2.75, 3.05) is 18.0 Å². The van der Waals surface area contributed by atoms with Gasteiger partial charge in [-0.1, -0.05) is 30.3 Å². The van der Waals surface area contributed by atoms with Gasteiger partial charge >= 0.3 is 5.97 Å². The Morgan fingerprint density at radius 2 is 1.92 bits per heavy atom. The molecule has 5 heterocycles. The van der Waals surface area contributed by atoms with Crippen LogP contribution < -0.4 is 9.47 Å². The van der Waals surface area contributed by atoms with Crippen LogP contribution in [0.4, 0.5) is 5.69 Å². The Balaban J connectivity index is 1.26. The van der Waals surface area contributed by atoms with E-state index in [0.717, 1.165) is 11.3 Å². The second-order valence-electron chi connectivity index (χ2n) is 10.1. The number of β-lactam (4-membered cyclic amide) rings is 1. The van der Waals surface area contributed by atoms with Crippen molar-refractivity contribution in [1.29, 1.82) is 0 Å². The minimum absolute atomic E-state index is 0.0415. The second kappa shape index (κ2) is 8.69. The number of hydrogen-bond donors (Lipinski definition) is 1. The van der Waals surface area contributed by atoms with E-state index in [0.29, 0.717) is 43.6 Å². The smallest absolute Gasteiger partial charge is 0.352 e. The Labute approximate surface area is 213 Å². The molecule has 1 aromatic heterocycles. The lowest BCUT2D eigenvalue weighted by atomic mass is 9.79. The average molecular weight is 500 g/mol. The lowest BCUT2D eigenvalue weighted by Crippen LogP contribution is -2.69. The zero-order valence-corrected chi connectivity index (χ0v) is 20.4. The van der Waals surface area contributed by atoms with Crippen LogP contribution in [0.2, 0.25) is 0 Å². The molecule has 0 bridgehead atoms. The molecule has 0 radical (unpaired) electrons. The van der Waals surface area contributed by atoms with Gasteiger partial charge in [-0.05, 0) is 30.6 Å². The highest BCUT2D eigenvalue weighted by Crippen LogP contribution is 2.47. The number of nitrogens with zero attached hydrogens (tertiary/aromatic N) is 4. The Bertz CT molecular complexity index is 1400. The van der Waals surface area contributed by atoms with Gasteiger partial charge in [-0.25, -0.2) is 4.79 Å². The van der Waals surface area contributed by atoms with Crippen molar-refractivity contribution in [2.24, 2.45) is 5.92 Å². The molecule has 6 rings (SSSR count). The highest BCUT2D eigenvalue weighted by atomic mass is 16.4. The second-order valence-corrected chi connectivity index (χ2v) is 10.1. The molecule has 1 aromatic carbocycles. The number of carbonyl (C=O) groups is 4. The molecule has 2 aromatic rings. The number of rotatable bonds is 5. The highest BCUT2D eigenvalue weighted by Gasteiger charge is 2.63. The van der Waals surface area contributed by atoms with Gasteiger partial charge in [0.15, 0.2) is 18.9 Å². The first-order valence-electron chi connectivity index (χ1n) is 12.5. The van der Waals surface area contributed by atoms with Gasteiger partial charge in [0.2, 0.25) is 5.91 Å². The molecule has 3 saturated heterocycles. The molecular formula is C28H27N4O5+. The van der Waals surface area contributed by atoms with E-state index >= 15 is 0 Å². The van der Waals surface area contributed by atoms with Crippen molar-refractivity contribution in [3.63, 3.8) is 0 Å². The first-order valence-corrected chi connectivity index (χ1v) is 12.5. The van der Waals surface area contributed by atoms with Crippen LogP contribution in [0.3, 0.4) is 0 Å². The lowest BCUT2D eigenvalue weighted by Gasteiger charge is -2.49. The highest BCUT2D eigenvalue weighted by molar-refractivity contribution is 6.09. The van der Waals surface area contributed by atoms with Crippen molar-refractivity contribution in [3.05, 3.63) is 83.3 Å². The zero-order chi connectivity index (χ0) is 25.8. The molecule has 3 amide bonds. The van der Waals surface area contributed by atoms with Gasteiger partial charge in [0.25, 0.3) is 11.8 Å². The minimum Gasteiger partial charge on any atom is -0.477 e. The van der Waals surface area contributed by atoms with Crippen LogP contribution >= 0.6 is 0 Å². The van der Waals surface area contributed by atoms with Crippen LogP contribution in [-0.4, -0.2) is 63.8 Å². The SMILES string of the molecule is CC(=O)N1CC2CC(C=C3CCN(c4ccc[n+](Cc5ccccc5)c4)C3=O)=C(C(=O)O)N3C(=O)C1[C@@H]23. The number of aromatic nitrogens is 1. The first kappa shape index (κ1) is 23.1. The summed E-state index contributed by atoms with van der Waals surface area (Å²) in [6.07, 6.45) is 6.46. The zero-order valence-electron chi connectivity index (χ0n) is 20.4. The molecule has 9 heteroatoms. The summed E-state index contributed by atoms with van der Waals surface area (Å²) in [4.78, 5) is 55.1. The van der Waals surface area contributed by atoms with Crippen molar-refractivity contribution in [1.82, 2.24) is 9.80 Å². The van der Waals surface area contributed by atoms with Gasteiger partial charge in [-0.3, -0.25) is 19.3 Å². The molecule has 37 heavy (non-hydrogen) atoms. The standard InChI is InChI=1S/C28H26N4O5/c1-17(33)31-15-21-13-20(24(28(36)37)32-23(21)25(31)27(32)35)12-19-9-11-30(26(19)34)22-8-5-10-29(16-22)14-18-6-3-2-4-7-18/h2-8,10,12,16,21,23,25H,9,11,13-15H2,1H3/p+1/t21?,23-,25?/m1/s1. The Morgan fingerprint density at radius 1 is 1.14 bits per heavy atom. The molecule has 1 N–H and O–H groups in total. The van der Waals surface area contributed by atoms with Crippen molar-refractivity contribution in [2.45, 2.75) is 38.4 Å². The molecule has 3 atom stereocenters. The monoisotopic (exact) mass is 499 g/mol. The number of carboxylic acids is 1. The van der Waals surface area contributed by atoms with Crippen LogP contribution in [-0.2, 0) is 25.7 Å². The number of allylic oxidation sites excluding steroid dienone is 2. The Morgan fingerprint density at radius 3 is 2.65 bits per heavy atom. The maximum absolute atomic E-state index is 13.4. The average Bonchev–Trinajstić information content (AvgIpc) is 3.43. The number of anilines is 1. The first-order chi connectivity index (χ1) is 17.8. The van der Waals surface area contributed by atoms with Gasteiger partial charge in [-0.2, -0.15) is 4.57 Å². The third kappa shape index (κ3) is 3.73. The normalized spacial score (nSPS) is 25.6. The maximum Gasteiger partial charge on any atom is 0.352 e. The molecular weight excluding hydrogens is 472 g/mol.